The van der Waals surface area contributed by atoms with Gasteiger partial charge in [-0.15, -0.1) is 0 Å². The molecule has 22 heavy (non-hydrogen) atoms. The molecule has 0 saturated carbocycles. The van der Waals surface area contributed by atoms with Gasteiger partial charge in [0, 0.05) is 19.2 Å². The van der Waals surface area contributed by atoms with Crippen molar-refractivity contribution in [2.75, 3.05) is 11.4 Å². The van der Waals surface area contributed by atoms with Gasteiger partial charge in [0.1, 0.15) is 11.5 Å². The average Bonchev–Trinajstić information content (AvgIpc) is 2.53. The maximum Gasteiger partial charge on any atom is 0.292 e. The van der Waals surface area contributed by atoms with Crippen LogP contribution in [0.25, 0.3) is 0 Å². The molecule has 1 aliphatic heterocycles. The summed E-state index contributed by atoms with van der Waals surface area (Å²) in [6, 6.07) is 9.25. The van der Waals surface area contributed by atoms with Gasteiger partial charge < -0.3 is 10.0 Å². The minimum absolute atomic E-state index is 0.00273. The SMILES string of the molecule is O=[N+]([O-])c1ccc(CO)cc1N1CCc2ccc(F)cc2C1. The lowest BCUT2D eigenvalue weighted by Gasteiger charge is -2.30. The summed E-state index contributed by atoms with van der Waals surface area (Å²) in [6.45, 7) is 0.862. The molecule has 0 saturated heterocycles. The first kappa shape index (κ1) is 14.5. The fourth-order valence-corrected chi connectivity index (χ4v) is 2.81. The minimum Gasteiger partial charge on any atom is -0.392 e. The van der Waals surface area contributed by atoms with Crippen LogP contribution < -0.4 is 4.90 Å². The van der Waals surface area contributed by atoms with Crippen molar-refractivity contribution < 1.29 is 14.4 Å². The van der Waals surface area contributed by atoms with Gasteiger partial charge in [0.15, 0.2) is 0 Å². The molecule has 0 amide bonds. The summed E-state index contributed by atoms with van der Waals surface area (Å²) in [7, 11) is 0. The fourth-order valence-electron chi connectivity index (χ4n) is 2.81. The summed E-state index contributed by atoms with van der Waals surface area (Å²) in [5, 5.41) is 20.5. The smallest absolute Gasteiger partial charge is 0.292 e. The first-order valence-electron chi connectivity index (χ1n) is 6.99. The van der Waals surface area contributed by atoms with Crippen LogP contribution in [0.15, 0.2) is 36.4 Å². The molecule has 0 aliphatic carbocycles. The highest BCUT2D eigenvalue weighted by Crippen LogP contribution is 2.33. The summed E-state index contributed by atoms with van der Waals surface area (Å²) in [4.78, 5) is 12.6. The largest absolute Gasteiger partial charge is 0.392 e. The number of halogens is 1. The normalized spacial score (nSPS) is 13.8. The highest BCUT2D eigenvalue weighted by atomic mass is 19.1. The molecule has 2 aromatic rings. The van der Waals surface area contributed by atoms with E-state index in [-0.39, 0.29) is 18.1 Å². The lowest BCUT2D eigenvalue weighted by Crippen LogP contribution is -2.31. The molecule has 6 heteroatoms. The number of hydrogen-bond acceptors (Lipinski definition) is 4. The van der Waals surface area contributed by atoms with E-state index in [0.29, 0.717) is 30.8 Å². The summed E-state index contributed by atoms with van der Waals surface area (Å²) >= 11 is 0. The Balaban J connectivity index is 1.99. The van der Waals surface area contributed by atoms with Crippen molar-refractivity contribution in [3.05, 3.63) is 69.0 Å². The van der Waals surface area contributed by atoms with E-state index in [4.69, 9.17) is 0 Å². The van der Waals surface area contributed by atoms with Crippen LogP contribution in [-0.2, 0) is 19.6 Å². The molecule has 0 aromatic heterocycles. The van der Waals surface area contributed by atoms with E-state index in [1.165, 1.54) is 18.2 Å². The molecule has 114 valence electrons. The van der Waals surface area contributed by atoms with Gasteiger partial charge in [0.05, 0.1) is 11.5 Å². The maximum absolute atomic E-state index is 13.4. The first-order valence-corrected chi connectivity index (χ1v) is 6.99. The van der Waals surface area contributed by atoms with Crippen LogP contribution in [0.1, 0.15) is 16.7 Å². The van der Waals surface area contributed by atoms with Gasteiger partial charge in [0.25, 0.3) is 5.69 Å². The topological polar surface area (TPSA) is 66.6 Å². The van der Waals surface area contributed by atoms with Crippen molar-refractivity contribution in [3.8, 4) is 0 Å². The highest BCUT2D eigenvalue weighted by Gasteiger charge is 2.24. The standard InChI is InChI=1S/C16H15FN2O3/c17-14-3-2-12-5-6-18(9-13(12)8-14)16-7-11(10-20)1-4-15(16)19(21)22/h1-4,7-8,20H,5-6,9-10H2. The average molecular weight is 302 g/mol. The van der Waals surface area contributed by atoms with Crippen LogP contribution in [0.4, 0.5) is 15.8 Å². The van der Waals surface area contributed by atoms with E-state index < -0.39 is 4.92 Å². The number of aliphatic hydroxyl groups is 1. The molecule has 0 spiro atoms. The lowest BCUT2D eigenvalue weighted by molar-refractivity contribution is -0.384. The first-order chi connectivity index (χ1) is 10.6. The third-order valence-electron chi connectivity index (χ3n) is 3.94. The zero-order valence-electron chi connectivity index (χ0n) is 11.8. The van der Waals surface area contributed by atoms with Crippen molar-refractivity contribution in [2.24, 2.45) is 0 Å². The molecule has 0 bridgehead atoms. The van der Waals surface area contributed by atoms with Gasteiger partial charge in [-0.3, -0.25) is 10.1 Å². The Labute approximate surface area is 126 Å². The number of nitro benzene ring substituents is 1. The Bertz CT molecular complexity index is 733. The van der Waals surface area contributed by atoms with Gasteiger partial charge in [0.2, 0.25) is 0 Å². The molecular weight excluding hydrogens is 287 g/mol. The molecule has 0 radical (unpaired) electrons. The molecule has 1 N–H and O–H groups in total. The molecule has 1 aliphatic rings. The Hall–Kier alpha value is -2.47. The lowest BCUT2D eigenvalue weighted by atomic mass is 9.98. The number of benzene rings is 2. The highest BCUT2D eigenvalue weighted by molar-refractivity contribution is 5.65. The second-order valence-electron chi connectivity index (χ2n) is 5.32. The fraction of sp³-hybridized carbons (Fsp3) is 0.250. The van der Waals surface area contributed by atoms with Crippen molar-refractivity contribution >= 4 is 11.4 Å². The Kier molecular flexibility index (Phi) is 3.77. The van der Waals surface area contributed by atoms with E-state index in [2.05, 4.69) is 0 Å². The third kappa shape index (κ3) is 2.65. The predicted molar refractivity (Wildman–Crippen MR) is 80.2 cm³/mol. The van der Waals surface area contributed by atoms with Gasteiger partial charge in [-0.1, -0.05) is 6.07 Å². The number of aliphatic hydroxyl groups excluding tert-OH is 1. The summed E-state index contributed by atoms with van der Waals surface area (Å²) in [6.07, 6.45) is 0.704. The van der Waals surface area contributed by atoms with Crippen LogP contribution in [0.3, 0.4) is 0 Å². The van der Waals surface area contributed by atoms with Crippen molar-refractivity contribution in [3.63, 3.8) is 0 Å². The van der Waals surface area contributed by atoms with E-state index >= 15 is 0 Å². The van der Waals surface area contributed by atoms with Crippen LogP contribution in [-0.4, -0.2) is 16.6 Å². The molecular formula is C16H15FN2O3. The Morgan fingerprint density at radius 2 is 2.05 bits per heavy atom. The number of nitrogens with zero attached hydrogens (tertiary/aromatic N) is 2. The van der Waals surface area contributed by atoms with E-state index in [9.17, 15) is 19.6 Å². The predicted octanol–water partition coefficient (Wildman–Crippen LogP) is 2.79. The van der Waals surface area contributed by atoms with Crippen LogP contribution in [0.2, 0.25) is 0 Å². The van der Waals surface area contributed by atoms with Gasteiger partial charge in [-0.2, -0.15) is 0 Å². The zero-order valence-corrected chi connectivity index (χ0v) is 11.8. The van der Waals surface area contributed by atoms with E-state index in [1.54, 1.807) is 18.2 Å². The third-order valence-corrected chi connectivity index (χ3v) is 3.94. The second kappa shape index (κ2) is 5.73. The van der Waals surface area contributed by atoms with Gasteiger partial charge in [-0.25, -0.2) is 4.39 Å². The molecule has 0 unspecified atom stereocenters. The number of fused-ring (bicyclic) bond motifs is 1. The molecule has 3 rings (SSSR count). The zero-order chi connectivity index (χ0) is 15.7. The van der Waals surface area contributed by atoms with Crippen molar-refractivity contribution in [1.29, 1.82) is 0 Å². The van der Waals surface area contributed by atoms with Crippen LogP contribution >= 0.6 is 0 Å². The number of anilines is 1. The van der Waals surface area contributed by atoms with Gasteiger partial charge >= 0.3 is 0 Å². The Morgan fingerprint density at radius 3 is 2.77 bits per heavy atom. The number of hydrogen-bond donors (Lipinski definition) is 1. The maximum atomic E-state index is 13.4. The molecule has 0 atom stereocenters. The minimum atomic E-state index is -0.433. The van der Waals surface area contributed by atoms with Crippen molar-refractivity contribution in [1.82, 2.24) is 0 Å². The number of rotatable bonds is 3. The monoisotopic (exact) mass is 302 g/mol. The van der Waals surface area contributed by atoms with E-state index in [1.807, 2.05) is 4.90 Å². The van der Waals surface area contributed by atoms with Gasteiger partial charge in [-0.05, 0) is 47.4 Å². The summed E-state index contributed by atoms with van der Waals surface area (Å²) < 4.78 is 13.4. The molecule has 0 fully saturated rings. The molecule has 5 nitrogen and oxygen atoms in total. The van der Waals surface area contributed by atoms with Crippen molar-refractivity contribution in [2.45, 2.75) is 19.6 Å². The Morgan fingerprint density at radius 1 is 1.23 bits per heavy atom. The molecule has 1 heterocycles. The summed E-state index contributed by atoms with van der Waals surface area (Å²) in [5.74, 6) is -0.306. The molecule has 2 aromatic carbocycles. The quantitative estimate of drug-likeness (QED) is 0.699. The number of nitro groups is 1. The van der Waals surface area contributed by atoms with Crippen LogP contribution in [0.5, 0.6) is 0 Å². The van der Waals surface area contributed by atoms with E-state index in [0.717, 1.165) is 11.1 Å². The summed E-state index contributed by atoms with van der Waals surface area (Å²) in [5.41, 5.74) is 2.99. The second-order valence-corrected chi connectivity index (χ2v) is 5.32. The van der Waals surface area contributed by atoms with Crippen LogP contribution in [0, 0.1) is 15.9 Å².